The number of hydrogen-bond acceptors (Lipinski definition) is 2. The van der Waals surface area contributed by atoms with Gasteiger partial charge in [-0.3, -0.25) is 4.57 Å². The van der Waals surface area contributed by atoms with Crippen LogP contribution >= 0.6 is 7.14 Å². The minimum absolute atomic E-state index is 0.834. The second kappa shape index (κ2) is 9.01. The molecular weight excluding hydrogens is 567 g/mol. The predicted octanol–water partition coefficient (Wildman–Crippen LogP) is 9.11. The summed E-state index contributed by atoms with van der Waals surface area (Å²) >= 11 is 0. The van der Waals surface area contributed by atoms with E-state index in [1.807, 2.05) is 66.7 Å². The Balaban J connectivity index is 1.29. The van der Waals surface area contributed by atoms with E-state index in [0.717, 1.165) is 55.1 Å². The lowest BCUT2D eigenvalue weighted by Crippen LogP contribution is -2.33. The number of rotatable bonds is 3. The SMILES string of the molecule is O=P1(c2ccccc2)c2cc(-c3ccc4c5c(cccc35)-c3ccccc3-4)ccc2-n2c(-c3ccccc3)nc3cccc1c32. The zero-order valence-electron chi connectivity index (χ0n) is 24.2. The van der Waals surface area contributed by atoms with Crippen molar-refractivity contribution in [1.29, 1.82) is 0 Å². The van der Waals surface area contributed by atoms with Crippen molar-refractivity contribution in [3.8, 4) is 50.5 Å². The Kier molecular flexibility index (Phi) is 4.99. The van der Waals surface area contributed by atoms with Gasteiger partial charge in [-0.05, 0) is 68.4 Å². The molecule has 0 saturated heterocycles. The van der Waals surface area contributed by atoms with Crippen LogP contribution in [0.5, 0.6) is 0 Å². The molecule has 0 N–H and O–H groups in total. The van der Waals surface area contributed by atoms with Crippen LogP contribution in [-0.4, -0.2) is 9.55 Å². The molecular formula is C41H25N2OP. The lowest BCUT2D eigenvalue weighted by molar-refractivity contribution is 0.592. The Morgan fingerprint density at radius 2 is 1.18 bits per heavy atom. The van der Waals surface area contributed by atoms with Crippen LogP contribution in [0.1, 0.15) is 0 Å². The average molecular weight is 593 g/mol. The molecule has 0 radical (unpaired) electrons. The predicted molar refractivity (Wildman–Crippen MR) is 187 cm³/mol. The highest BCUT2D eigenvalue weighted by molar-refractivity contribution is 7.86. The summed E-state index contributed by atoms with van der Waals surface area (Å²) in [4.78, 5) is 5.12. The Labute approximate surface area is 260 Å². The molecule has 3 nitrogen and oxygen atoms in total. The van der Waals surface area contributed by atoms with Crippen molar-refractivity contribution in [3.63, 3.8) is 0 Å². The standard InChI is InChI=1S/C41H25N2OP/c44-45(28-13-5-2-6-14-28)37-20-10-19-35-40(37)43(41(42-35)26-11-3-1-4-12-26)36-24-21-27(25-38(36)45)29-22-23-34-31-16-8-7-15-30(31)33-18-9-17-32(29)39(33)34/h1-25H. The van der Waals surface area contributed by atoms with Crippen LogP contribution < -0.4 is 15.9 Å². The molecule has 1 aliphatic heterocycles. The van der Waals surface area contributed by atoms with Gasteiger partial charge < -0.3 is 4.57 Å². The minimum Gasteiger partial charge on any atom is -0.308 e. The summed E-state index contributed by atoms with van der Waals surface area (Å²) in [5, 5.41) is 5.00. The fourth-order valence-electron chi connectivity index (χ4n) is 7.62. The molecule has 1 unspecified atom stereocenters. The minimum atomic E-state index is -3.27. The van der Waals surface area contributed by atoms with E-state index in [1.54, 1.807) is 0 Å². The summed E-state index contributed by atoms with van der Waals surface area (Å²) in [5.41, 5.74) is 11.0. The summed E-state index contributed by atoms with van der Waals surface area (Å²) in [7, 11) is -3.27. The Bertz CT molecular complexity index is 2540. The van der Waals surface area contributed by atoms with Crippen molar-refractivity contribution in [1.82, 2.24) is 9.55 Å². The van der Waals surface area contributed by atoms with E-state index in [4.69, 9.17) is 4.98 Å². The summed E-state index contributed by atoms with van der Waals surface area (Å²) in [5.74, 6) is 0.856. The van der Waals surface area contributed by atoms with Gasteiger partial charge in [-0.15, -0.1) is 0 Å². The average Bonchev–Trinajstić information content (AvgIpc) is 3.66. The molecule has 2 heterocycles. The maximum Gasteiger partial charge on any atom is 0.175 e. The number of hydrogen-bond donors (Lipinski definition) is 0. The molecule has 45 heavy (non-hydrogen) atoms. The zero-order valence-corrected chi connectivity index (χ0v) is 25.1. The second-order valence-electron chi connectivity index (χ2n) is 11.9. The fourth-order valence-corrected chi connectivity index (χ4v) is 10.7. The summed E-state index contributed by atoms with van der Waals surface area (Å²) in [6.45, 7) is 0. The van der Waals surface area contributed by atoms with Crippen LogP contribution in [0, 0.1) is 0 Å². The van der Waals surface area contributed by atoms with Crippen LogP contribution in [0.25, 0.3) is 72.3 Å². The second-order valence-corrected chi connectivity index (χ2v) is 14.6. The number of imidazole rings is 1. The smallest absolute Gasteiger partial charge is 0.175 e. The van der Waals surface area contributed by atoms with Crippen molar-refractivity contribution in [3.05, 3.63) is 152 Å². The monoisotopic (exact) mass is 592 g/mol. The molecule has 1 aliphatic carbocycles. The molecule has 8 aromatic rings. The topological polar surface area (TPSA) is 34.9 Å². The first-order valence-electron chi connectivity index (χ1n) is 15.3. The molecule has 1 atom stereocenters. The van der Waals surface area contributed by atoms with Gasteiger partial charge in [0.2, 0.25) is 0 Å². The molecule has 4 heteroatoms. The number of nitrogens with zero attached hydrogens (tertiary/aromatic N) is 2. The normalized spacial score (nSPS) is 15.7. The fraction of sp³-hybridized carbons (Fsp3) is 0. The largest absolute Gasteiger partial charge is 0.308 e. The van der Waals surface area contributed by atoms with Crippen molar-refractivity contribution < 1.29 is 4.57 Å². The molecule has 1 aromatic heterocycles. The number of fused-ring (bicyclic) bond motifs is 5. The van der Waals surface area contributed by atoms with E-state index in [9.17, 15) is 0 Å². The first kappa shape index (κ1) is 24.9. The maximum atomic E-state index is 15.9. The van der Waals surface area contributed by atoms with Crippen molar-refractivity contribution >= 4 is 44.9 Å². The molecule has 0 spiro atoms. The summed E-state index contributed by atoms with van der Waals surface area (Å²) in [6.07, 6.45) is 0. The third kappa shape index (κ3) is 3.26. The Morgan fingerprint density at radius 3 is 1.98 bits per heavy atom. The molecule has 0 saturated carbocycles. The van der Waals surface area contributed by atoms with Gasteiger partial charge in [0, 0.05) is 21.5 Å². The van der Waals surface area contributed by atoms with Gasteiger partial charge in [0.05, 0.1) is 16.7 Å². The van der Waals surface area contributed by atoms with Crippen LogP contribution in [0.3, 0.4) is 0 Å². The molecule has 0 bridgehead atoms. The number of aromatic nitrogens is 2. The molecule has 10 rings (SSSR count). The molecule has 0 amide bonds. The zero-order chi connectivity index (χ0) is 29.7. The highest BCUT2D eigenvalue weighted by atomic mass is 31.2. The number of para-hydroxylation sites is 1. The van der Waals surface area contributed by atoms with Gasteiger partial charge in [-0.25, -0.2) is 4.98 Å². The highest BCUT2D eigenvalue weighted by Crippen LogP contribution is 2.52. The van der Waals surface area contributed by atoms with E-state index in [0.29, 0.717) is 0 Å². The third-order valence-electron chi connectivity index (χ3n) is 9.56. The van der Waals surface area contributed by atoms with E-state index in [-0.39, 0.29) is 0 Å². The lowest BCUT2D eigenvalue weighted by Gasteiger charge is -2.29. The molecule has 7 aromatic carbocycles. The van der Waals surface area contributed by atoms with Crippen LogP contribution in [0.2, 0.25) is 0 Å². The number of benzene rings is 7. The van der Waals surface area contributed by atoms with Crippen molar-refractivity contribution in [2.75, 3.05) is 0 Å². The van der Waals surface area contributed by atoms with Gasteiger partial charge in [-0.2, -0.15) is 0 Å². The van der Waals surface area contributed by atoms with Crippen LogP contribution in [0.4, 0.5) is 0 Å². The summed E-state index contributed by atoms with van der Waals surface area (Å²) < 4.78 is 18.1. The Morgan fingerprint density at radius 1 is 0.511 bits per heavy atom. The van der Waals surface area contributed by atoms with Gasteiger partial charge in [0.1, 0.15) is 5.82 Å². The molecule has 2 aliphatic rings. The summed E-state index contributed by atoms with van der Waals surface area (Å²) in [6, 6.07) is 52.6. The van der Waals surface area contributed by atoms with E-state index < -0.39 is 7.14 Å². The van der Waals surface area contributed by atoms with E-state index in [1.165, 1.54) is 33.0 Å². The first-order chi connectivity index (χ1) is 22.2. The van der Waals surface area contributed by atoms with Crippen LogP contribution in [0.15, 0.2) is 152 Å². The van der Waals surface area contributed by atoms with E-state index in [2.05, 4.69) is 89.5 Å². The quantitative estimate of drug-likeness (QED) is 0.192. The van der Waals surface area contributed by atoms with Gasteiger partial charge in [0.15, 0.2) is 7.14 Å². The molecule has 0 fully saturated rings. The lowest BCUT2D eigenvalue weighted by atomic mass is 9.94. The van der Waals surface area contributed by atoms with Crippen molar-refractivity contribution in [2.24, 2.45) is 0 Å². The van der Waals surface area contributed by atoms with E-state index >= 15 is 4.57 Å². The highest BCUT2D eigenvalue weighted by Gasteiger charge is 2.40. The van der Waals surface area contributed by atoms with Gasteiger partial charge >= 0.3 is 0 Å². The van der Waals surface area contributed by atoms with Crippen LogP contribution in [-0.2, 0) is 4.57 Å². The van der Waals surface area contributed by atoms with Gasteiger partial charge in [-0.1, -0.05) is 127 Å². The Hall–Kier alpha value is -5.50. The molecule has 210 valence electrons. The van der Waals surface area contributed by atoms with Crippen molar-refractivity contribution in [2.45, 2.75) is 0 Å². The first-order valence-corrected chi connectivity index (χ1v) is 17.0. The maximum absolute atomic E-state index is 15.9. The van der Waals surface area contributed by atoms with Gasteiger partial charge in [0.25, 0.3) is 0 Å². The third-order valence-corrected chi connectivity index (χ3v) is 12.7.